The molecule has 8 heteroatoms. The lowest BCUT2D eigenvalue weighted by Gasteiger charge is -2.31. The van der Waals surface area contributed by atoms with Gasteiger partial charge in [0.1, 0.15) is 16.3 Å². The second-order valence-corrected chi connectivity index (χ2v) is 8.46. The van der Waals surface area contributed by atoms with Gasteiger partial charge in [-0.25, -0.2) is 8.42 Å². The topological polar surface area (TPSA) is 62.1 Å². The van der Waals surface area contributed by atoms with Crippen molar-refractivity contribution in [3.63, 3.8) is 0 Å². The van der Waals surface area contributed by atoms with Crippen LogP contribution in [0.15, 0.2) is 31.8 Å². The summed E-state index contributed by atoms with van der Waals surface area (Å²) < 4.78 is 35.7. The van der Waals surface area contributed by atoms with Gasteiger partial charge in [0, 0.05) is 18.4 Å². The van der Waals surface area contributed by atoms with Crippen LogP contribution in [-0.2, 0) is 21.4 Å². The molecule has 2 aliphatic rings. The van der Waals surface area contributed by atoms with Crippen LogP contribution in [-0.4, -0.2) is 31.1 Å². The maximum absolute atomic E-state index is 12.9. The van der Waals surface area contributed by atoms with Gasteiger partial charge in [-0.2, -0.15) is 13.0 Å². The number of nitrogens with zero attached hydrogens (tertiary/aromatic N) is 3. The van der Waals surface area contributed by atoms with Gasteiger partial charge in [0.25, 0.3) is 0 Å². The van der Waals surface area contributed by atoms with Crippen molar-refractivity contribution in [2.45, 2.75) is 24.2 Å². The van der Waals surface area contributed by atoms with E-state index < -0.39 is 10.0 Å². The summed E-state index contributed by atoms with van der Waals surface area (Å²) in [6.45, 7) is 1.19. The molecule has 0 N–H and O–H groups in total. The van der Waals surface area contributed by atoms with E-state index in [-0.39, 0.29) is 4.90 Å². The first kappa shape index (κ1) is 15.3. The Balaban J connectivity index is 1.91. The summed E-state index contributed by atoms with van der Waals surface area (Å²) >= 11 is 4.49. The average Bonchev–Trinajstić information content (AvgIpc) is 2.96. The van der Waals surface area contributed by atoms with Gasteiger partial charge >= 0.3 is 0 Å². The Labute approximate surface area is 136 Å². The van der Waals surface area contributed by atoms with E-state index in [9.17, 15) is 8.42 Å². The van der Waals surface area contributed by atoms with Crippen LogP contribution < -0.4 is 0 Å². The molecule has 0 bridgehead atoms. The van der Waals surface area contributed by atoms with Crippen LogP contribution in [0, 0.1) is 5.92 Å². The highest BCUT2D eigenvalue weighted by molar-refractivity contribution is 9.09. The van der Waals surface area contributed by atoms with Crippen LogP contribution in [0.2, 0.25) is 0 Å². The largest absolute Gasteiger partial charge is 0.245 e. The van der Waals surface area contributed by atoms with E-state index in [1.165, 1.54) is 0 Å². The fourth-order valence-electron chi connectivity index (χ4n) is 2.76. The SMILES string of the molecule is O=S(=O)(c1cccc2c1N=S=N2)N1CCCC(CCBr)C1. The molecular formula is C13H16BrN3O2S2. The number of rotatable bonds is 4. The lowest BCUT2D eigenvalue weighted by molar-refractivity contribution is 0.263. The van der Waals surface area contributed by atoms with Crippen LogP contribution in [0.25, 0.3) is 0 Å². The molecule has 114 valence electrons. The minimum absolute atomic E-state index is 0.285. The van der Waals surface area contributed by atoms with Gasteiger partial charge in [0.15, 0.2) is 0 Å². The second kappa shape index (κ2) is 6.28. The summed E-state index contributed by atoms with van der Waals surface area (Å²) in [5, 5.41) is 0.914. The highest BCUT2D eigenvalue weighted by Crippen LogP contribution is 2.39. The highest BCUT2D eigenvalue weighted by atomic mass is 79.9. The fourth-order valence-corrected chi connectivity index (χ4v) is 5.72. The standard InChI is InChI=1S/C13H16BrN3O2S2/c14-7-6-10-3-2-8-17(9-10)21(18,19)12-5-1-4-11-13(12)16-20-15-11/h1,4-5,10H,2-3,6-9H2. The van der Waals surface area contributed by atoms with Crippen LogP contribution >= 0.6 is 15.9 Å². The Bertz CT molecular complexity index is 712. The average molecular weight is 390 g/mol. The quantitative estimate of drug-likeness (QED) is 0.749. The monoisotopic (exact) mass is 389 g/mol. The predicted octanol–water partition coefficient (Wildman–Crippen LogP) is 3.60. The van der Waals surface area contributed by atoms with Crippen molar-refractivity contribution in [3.05, 3.63) is 18.2 Å². The van der Waals surface area contributed by atoms with Crippen LogP contribution in [0.3, 0.4) is 0 Å². The lowest BCUT2D eigenvalue weighted by Crippen LogP contribution is -2.40. The molecule has 0 amide bonds. The summed E-state index contributed by atoms with van der Waals surface area (Å²) in [6.07, 6.45) is 3.02. The predicted molar refractivity (Wildman–Crippen MR) is 87.9 cm³/mol. The van der Waals surface area contributed by atoms with Crippen molar-refractivity contribution in [3.8, 4) is 0 Å². The molecule has 1 saturated heterocycles. The second-order valence-electron chi connectivity index (χ2n) is 5.24. The fraction of sp³-hybridized carbons (Fsp3) is 0.538. The molecule has 1 aromatic carbocycles. The molecule has 3 rings (SSSR count). The van der Waals surface area contributed by atoms with Crippen LogP contribution in [0.5, 0.6) is 0 Å². The molecule has 2 aliphatic heterocycles. The number of hydrogen-bond donors (Lipinski definition) is 0. The van der Waals surface area contributed by atoms with E-state index in [4.69, 9.17) is 0 Å². The van der Waals surface area contributed by atoms with E-state index in [1.807, 2.05) is 0 Å². The minimum atomic E-state index is -3.49. The molecule has 0 aromatic heterocycles. The zero-order valence-electron chi connectivity index (χ0n) is 11.4. The van der Waals surface area contributed by atoms with Gasteiger partial charge in [0.2, 0.25) is 10.0 Å². The molecule has 1 fully saturated rings. The Kier molecular flexibility index (Phi) is 4.58. The molecule has 0 saturated carbocycles. The van der Waals surface area contributed by atoms with Gasteiger partial charge in [-0.15, -0.1) is 0 Å². The Morgan fingerprint density at radius 1 is 1.38 bits per heavy atom. The summed E-state index contributed by atoms with van der Waals surface area (Å²) in [5.41, 5.74) is 1.14. The third-order valence-electron chi connectivity index (χ3n) is 3.87. The molecule has 0 aliphatic carbocycles. The number of halogens is 1. The maximum atomic E-state index is 12.9. The number of hydrogen-bond acceptors (Lipinski definition) is 4. The van der Waals surface area contributed by atoms with Crippen molar-refractivity contribution in [1.29, 1.82) is 0 Å². The van der Waals surface area contributed by atoms with Crippen molar-refractivity contribution in [2.75, 3.05) is 18.4 Å². The van der Waals surface area contributed by atoms with Crippen molar-refractivity contribution in [2.24, 2.45) is 14.6 Å². The first-order valence-corrected chi connectivity index (χ1v) is 10.2. The van der Waals surface area contributed by atoms with E-state index >= 15 is 0 Å². The van der Waals surface area contributed by atoms with Gasteiger partial charge < -0.3 is 0 Å². The van der Waals surface area contributed by atoms with E-state index in [0.717, 1.165) is 35.9 Å². The number of benzene rings is 1. The summed E-state index contributed by atoms with van der Waals surface area (Å²) in [7, 11) is -3.49. The van der Waals surface area contributed by atoms with Crippen molar-refractivity contribution < 1.29 is 8.42 Å². The molecule has 0 spiro atoms. The summed E-state index contributed by atoms with van der Waals surface area (Å²) in [6, 6.07) is 5.16. The Morgan fingerprint density at radius 2 is 2.24 bits per heavy atom. The zero-order chi connectivity index (χ0) is 14.9. The third kappa shape index (κ3) is 2.99. The maximum Gasteiger partial charge on any atom is 0.245 e. The van der Waals surface area contributed by atoms with E-state index in [2.05, 4.69) is 24.7 Å². The number of fused-ring (bicyclic) bond motifs is 1. The number of sulfonamides is 1. The third-order valence-corrected chi connectivity index (χ3v) is 6.76. The normalized spacial score (nSPS) is 22.0. The zero-order valence-corrected chi connectivity index (χ0v) is 14.6. The Hall–Kier alpha value is -0.570. The number of piperidine rings is 1. The van der Waals surface area contributed by atoms with Crippen molar-refractivity contribution in [1.82, 2.24) is 4.31 Å². The van der Waals surface area contributed by atoms with E-state index in [1.54, 1.807) is 22.5 Å². The summed E-state index contributed by atoms with van der Waals surface area (Å²) in [5.74, 6) is 0.431. The van der Waals surface area contributed by atoms with E-state index in [0.29, 0.717) is 30.4 Å². The Morgan fingerprint density at radius 3 is 3.05 bits per heavy atom. The van der Waals surface area contributed by atoms with Crippen molar-refractivity contribution >= 4 is 48.7 Å². The summed E-state index contributed by atoms with van der Waals surface area (Å²) in [4.78, 5) is 0.285. The number of alkyl halides is 1. The van der Waals surface area contributed by atoms with Gasteiger partial charge in [-0.3, -0.25) is 0 Å². The minimum Gasteiger partial charge on any atom is -0.207 e. The highest BCUT2D eigenvalue weighted by Gasteiger charge is 2.32. The first-order valence-electron chi connectivity index (χ1n) is 6.90. The molecule has 1 unspecified atom stereocenters. The molecule has 2 heterocycles. The van der Waals surface area contributed by atoms with Gasteiger partial charge in [-0.1, -0.05) is 22.0 Å². The molecule has 5 nitrogen and oxygen atoms in total. The molecule has 1 atom stereocenters. The van der Waals surface area contributed by atoms with Crippen LogP contribution in [0.4, 0.5) is 11.4 Å². The van der Waals surface area contributed by atoms with Crippen LogP contribution in [0.1, 0.15) is 19.3 Å². The van der Waals surface area contributed by atoms with Gasteiger partial charge in [-0.05, 0) is 37.3 Å². The first-order chi connectivity index (χ1) is 10.1. The van der Waals surface area contributed by atoms with Gasteiger partial charge in [0.05, 0.1) is 11.4 Å². The molecule has 1 aromatic rings. The molecule has 21 heavy (non-hydrogen) atoms. The lowest BCUT2D eigenvalue weighted by atomic mass is 9.97. The molecule has 0 radical (unpaired) electrons. The smallest absolute Gasteiger partial charge is 0.207 e. The molecular weight excluding hydrogens is 374 g/mol.